The quantitative estimate of drug-likeness (QED) is 0.740. The standard InChI is InChI=1S/C13H11ClO/c1-15-12-9-5-8-11(14)13(12)10-6-3-2-4-7-10/h2-9H,1H3. The maximum Gasteiger partial charge on any atom is 0.128 e. The molecule has 0 amide bonds. The second-order valence-corrected chi connectivity index (χ2v) is 3.59. The molecule has 0 aromatic heterocycles. The lowest BCUT2D eigenvalue weighted by Crippen LogP contribution is -1.88. The van der Waals surface area contributed by atoms with Crippen LogP contribution in [0.15, 0.2) is 48.5 Å². The van der Waals surface area contributed by atoms with E-state index in [1.54, 1.807) is 7.11 Å². The number of benzene rings is 2. The Hall–Kier alpha value is -1.47. The van der Waals surface area contributed by atoms with Crippen molar-refractivity contribution in [3.63, 3.8) is 0 Å². The van der Waals surface area contributed by atoms with E-state index in [0.717, 1.165) is 16.9 Å². The third kappa shape index (κ3) is 1.97. The molecule has 1 nitrogen and oxygen atoms in total. The normalized spacial score (nSPS) is 10.0. The number of halogens is 1. The van der Waals surface area contributed by atoms with E-state index >= 15 is 0 Å². The van der Waals surface area contributed by atoms with Gasteiger partial charge in [-0.25, -0.2) is 0 Å². The molecule has 0 saturated carbocycles. The number of ether oxygens (including phenoxy) is 1. The molecule has 15 heavy (non-hydrogen) atoms. The van der Waals surface area contributed by atoms with E-state index in [9.17, 15) is 0 Å². The summed E-state index contributed by atoms with van der Waals surface area (Å²) < 4.78 is 5.30. The minimum absolute atomic E-state index is 0.709. The highest BCUT2D eigenvalue weighted by Crippen LogP contribution is 2.35. The number of methoxy groups -OCH3 is 1. The van der Waals surface area contributed by atoms with Gasteiger partial charge in [0.15, 0.2) is 0 Å². The summed E-state index contributed by atoms with van der Waals surface area (Å²) in [5.41, 5.74) is 2.02. The number of hydrogen-bond donors (Lipinski definition) is 0. The second-order valence-electron chi connectivity index (χ2n) is 3.18. The molecule has 2 aromatic rings. The van der Waals surface area contributed by atoms with Gasteiger partial charge in [-0.05, 0) is 17.7 Å². The summed E-state index contributed by atoms with van der Waals surface area (Å²) in [5, 5.41) is 0.709. The summed E-state index contributed by atoms with van der Waals surface area (Å²) in [5.74, 6) is 0.800. The van der Waals surface area contributed by atoms with Crippen LogP contribution in [0, 0.1) is 0 Å². The van der Waals surface area contributed by atoms with Gasteiger partial charge in [0.25, 0.3) is 0 Å². The van der Waals surface area contributed by atoms with Crippen molar-refractivity contribution < 1.29 is 4.74 Å². The monoisotopic (exact) mass is 218 g/mol. The van der Waals surface area contributed by atoms with Crippen LogP contribution in [-0.2, 0) is 0 Å². The largest absolute Gasteiger partial charge is 0.496 e. The van der Waals surface area contributed by atoms with Crippen molar-refractivity contribution >= 4 is 11.6 Å². The molecule has 0 fully saturated rings. The van der Waals surface area contributed by atoms with Crippen molar-refractivity contribution in [2.45, 2.75) is 0 Å². The predicted octanol–water partition coefficient (Wildman–Crippen LogP) is 4.02. The Labute approximate surface area is 94.3 Å². The van der Waals surface area contributed by atoms with Gasteiger partial charge in [0.2, 0.25) is 0 Å². The van der Waals surface area contributed by atoms with Gasteiger partial charge in [-0.15, -0.1) is 0 Å². The van der Waals surface area contributed by atoms with E-state index < -0.39 is 0 Å². The Morgan fingerprint density at radius 1 is 0.933 bits per heavy atom. The first-order valence-electron chi connectivity index (χ1n) is 4.71. The fraction of sp³-hybridized carbons (Fsp3) is 0.0769. The van der Waals surface area contributed by atoms with E-state index in [0.29, 0.717) is 5.02 Å². The molecule has 2 heteroatoms. The average molecular weight is 219 g/mol. The van der Waals surface area contributed by atoms with Gasteiger partial charge in [0.1, 0.15) is 5.75 Å². The highest BCUT2D eigenvalue weighted by molar-refractivity contribution is 6.33. The fourth-order valence-corrected chi connectivity index (χ4v) is 1.83. The van der Waals surface area contributed by atoms with Crippen molar-refractivity contribution in [1.82, 2.24) is 0 Å². The van der Waals surface area contributed by atoms with Gasteiger partial charge in [-0.3, -0.25) is 0 Å². The predicted molar refractivity (Wildman–Crippen MR) is 63.4 cm³/mol. The summed E-state index contributed by atoms with van der Waals surface area (Å²) in [4.78, 5) is 0. The van der Waals surface area contributed by atoms with E-state index in [-0.39, 0.29) is 0 Å². The molecule has 0 aliphatic carbocycles. The molecule has 76 valence electrons. The smallest absolute Gasteiger partial charge is 0.128 e. The zero-order valence-corrected chi connectivity index (χ0v) is 9.16. The summed E-state index contributed by atoms with van der Waals surface area (Å²) in [6.45, 7) is 0. The van der Waals surface area contributed by atoms with Crippen molar-refractivity contribution in [3.8, 4) is 16.9 Å². The van der Waals surface area contributed by atoms with Crippen LogP contribution in [0.1, 0.15) is 0 Å². The molecule has 0 heterocycles. The van der Waals surface area contributed by atoms with Gasteiger partial charge in [-0.2, -0.15) is 0 Å². The Morgan fingerprint density at radius 2 is 1.67 bits per heavy atom. The molecule has 0 aliphatic rings. The zero-order chi connectivity index (χ0) is 10.7. The van der Waals surface area contributed by atoms with Crippen LogP contribution in [0.2, 0.25) is 5.02 Å². The van der Waals surface area contributed by atoms with Crippen molar-refractivity contribution in [1.29, 1.82) is 0 Å². The van der Waals surface area contributed by atoms with Crippen molar-refractivity contribution in [2.24, 2.45) is 0 Å². The highest BCUT2D eigenvalue weighted by atomic mass is 35.5. The number of hydrogen-bond acceptors (Lipinski definition) is 1. The molecule has 0 radical (unpaired) electrons. The molecule has 0 atom stereocenters. The number of rotatable bonds is 2. The van der Waals surface area contributed by atoms with Crippen LogP contribution in [0.5, 0.6) is 5.75 Å². The summed E-state index contributed by atoms with van der Waals surface area (Å²) in [6.07, 6.45) is 0. The Morgan fingerprint density at radius 3 is 2.33 bits per heavy atom. The van der Waals surface area contributed by atoms with Crippen molar-refractivity contribution in [3.05, 3.63) is 53.6 Å². The maximum atomic E-state index is 6.16. The molecule has 0 N–H and O–H groups in total. The first-order valence-corrected chi connectivity index (χ1v) is 5.08. The van der Waals surface area contributed by atoms with Gasteiger partial charge in [-0.1, -0.05) is 48.0 Å². The lowest BCUT2D eigenvalue weighted by molar-refractivity contribution is 0.416. The van der Waals surface area contributed by atoms with Crippen LogP contribution in [0.25, 0.3) is 11.1 Å². The zero-order valence-electron chi connectivity index (χ0n) is 8.41. The first-order chi connectivity index (χ1) is 7.33. The minimum Gasteiger partial charge on any atom is -0.496 e. The Balaban J connectivity index is 2.61. The molecular formula is C13H11ClO. The molecule has 0 aliphatic heterocycles. The molecule has 2 aromatic carbocycles. The van der Waals surface area contributed by atoms with Gasteiger partial charge in [0.05, 0.1) is 12.1 Å². The summed E-state index contributed by atoms with van der Waals surface area (Å²) in [6, 6.07) is 15.6. The molecule has 2 rings (SSSR count). The lowest BCUT2D eigenvalue weighted by Gasteiger charge is -2.09. The fourth-order valence-electron chi connectivity index (χ4n) is 1.56. The summed E-state index contributed by atoms with van der Waals surface area (Å²) in [7, 11) is 1.65. The molecular weight excluding hydrogens is 208 g/mol. The van der Waals surface area contributed by atoms with Crippen LogP contribution >= 0.6 is 11.6 Å². The Kier molecular flexibility index (Phi) is 2.93. The molecule has 0 spiro atoms. The molecule has 0 unspecified atom stereocenters. The molecule has 0 saturated heterocycles. The topological polar surface area (TPSA) is 9.23 Å². The van der Waals surface area contributed by atoms with E-state index in [1.165, 1.54) is 0 Å². The first kappa shape index (κ1) is 10.1. The van der Waals surface area contributed by atoms with E-state index in [1.807, 2.05) is 48.5 Å². The third-order valence-electron chi connectivity index (χ3n) is 2.26. The van der Waals surface area contributed by atoms with Crippen LogP contribution in [-0.4, -0.2) is 7.11 Å². The minimum atomic E-state index is 0.709. The van der Waals surface area contributed by atoms with Crippen LogP contribution < -0.4 is 4.74 Å². The van der Waals surface area contributed by atoms with Crippen molar-refractivity contribution in [2.75, 3.05) is 7.11 Å². The van der Waals surface area contributed by atoms with Gasteiger partial charge < -0.3 is 4.74 Å². The van der Waals surface area contributed by atoms with Gasteiger partial charge >= 0.3 is 0 Å². The van der Waals surface area contributed by atoms with E-state index in [2.05, 4.69) is 0 Å². The van der Waals surface area contributed by atoms with Gasteiger partial charge in [0, 0.05) is 5.56 Å². The third-order valence-corrected chi connectivity index (χ3v) is 2.57. The van der Waals surface area contributed by atoms with E-state index in [4.69, 9.17) is 16.3 Å². The lowest BCUT2D eigenvalue weighted by atomic mass is 10.0. The van der Waals surface area contributed by atoms with Crippen LogP contribution in [0.3, 0.4) is 0 Å². The van der Waals surface area contributed by atoms with Crippen LogP contribution in [0.4, 0.5) is 0 Å². The Bertz CT molecular complexity index is 451. The summed E-state index contributed by atoms with van der Waals surface area (Å²) >= 11 is 6.16. The second kappa shape index (κ2) is 4.37. The highest BCUT2D eigenvalue weighted by Gasteiger charge is 2.08. The molecule has 0 bridgehead atoms. The average Bonchev–Trinajstić information content (AvgIpc) is 2.29. The maximum absolute atomic E-state index is 6.16. The SMILES string of the molecule is COc1cccc(Cl)c1-c1ccccc1.